The number of hydrogen-bond donors (Lipinski definition) is 2. The van der Waals surface area contributed by atoms with Crippen LogP contribution in [0.4, 0.5) is 5.69 Å². The van der Waals surface area contributed by atoms with E-state index in [4.69, 9.17) is 9.47 Å². The molecule has 36 heavy (non-hydrogen) atoms. The average molecular weight is 491 g/mol. The molecule has 1 aromatic heterocycles. The summed E-state index contributed by atoms with van der Waals surface area (Å²) in [6.45, 7) is 1.53. The molecule has 2 atom stereocenters. The molecule has 2 amide bonds. The number of nitrogens with zero attached hydrogens (tertiary/aromatic N) is 2. The van der Waals surface area contributed by atoms with Crippen molar-refractivity contribution >= 4 is 34.4 Å². The Hall–Kier alpha value is -3.88. The third kappa shape index (κ3) is 4.29. The first-order valence-corrected chi connectivity index (χ1v) is 12.3. The highest BCUT2D eigenvalue weighted by molar-refractivity contribution is 6.04. The van der Waals surface area contributed by atoms with Crippen molar-refractivity contribution in [2.24, 2.45) is 0 Å². The maximum absolute atomic E-state index is 14.3. The molecule has 188 valence electrons. The molecular formula is C27H30N4O5. The minimum atomic E-state index is -0.764. The molecule has 5 rings (SSSR count). The van der Waals surface area contributed by atoms with Gasteiger partial charge >= 0.3 is 5.97 Å². The molecule has 2 fully saturated rings. The number of benzene rings is 2. The summed E-state index contributed by atoms with van der Waals surface area (Å²) >= 11 is 0. The number of esters is 1. The van der Waals surface area contributed by atoms with E-state index in [1.54, 1.807) is 24.3 Å². The highest BCUT2D eigenvalue weighted by atomic mass is 16.5. The van der Waals surface area contributed by atoms with Crippen molar-refractivity contribution in [1.29, 1.82) is 0 Å². The van der Waals surface area contributed by atoms with Gasteiger partial charge in [0.1, 0.15) is 17.9 Å². The van der Waals surface area contributed by atoms with Gasteiger partial charge in [0.25, 0.3) is 0 Å². The Balaban J connectivity index is 1.46. The van der Waals surface area contributed by atoms with E-state index in [1.165, 1.54) is 6.92 Å². The lowest BCUT2D eigenvalue weighted by Gasteiger charge is -2.35. The van der Waals surface area contributed by atoms with Crippen molar-refractivity contribution in [2.45, 2.75) is 56.6 Å². The number of aromatic amines is 1. The van der Waals surface area contributed by atoms with Gasteiger partial charge in [-0.15, -0.1) is 0 Å². The number of amides is 2. The van der Waals surface area contributed by atoms with Crippen LogP contribution in [0.3, 0.4) is 0 Å². The van der Waals surface area contributed by atoms with Crippen LogP contribution in [0.15, 0.2) is 48.7 Å². The fraction of sp³-hybridized carbons (Fsp3) is 0.407. The molecule has 1 saturated carbocycles. The van der Waals surface area contributed by atoms with Crippen LogP contribution in [-0.4, -0.2) is 58.7 Å². The number of fused-ring (bicyclic) bond motifs is 1. The normalized spacial score (nSPS) is 20.9. The van der Waals surface area contributed by atoms with Crippen LogP contribution < -0.4 is 10.1 Å². The Morgan fingerprint density at radius 3 is 2.56 bits per heavy atom. The topological polar surface area (TPSA) is 114 Å². The van der Waals surface area contributed by atoms with Crippen LogP contribution in [0, 0.1) is 0 Å². The van der Waals surface area contributed by atoms with E-state index in [0.29, 0.717) is 18.5 Å². The molecule has 9 heteroatoms. The van der Waals surface area contributed by atoms with Crippen molar-refractivity contribution in [3.8, 4) is 5.75 Å². The number of H-pyrrole nitrogens is 1. The molecule has 0 radical (unpaired) electrons. The van der Waals surface area contributed by atoms with Gasteiger partial charge in [0.15, 0.2) is 0 Å². The smallest absolute Gasteiger partial charge is 0.302 e. The Morgan fingerprint density at radius 2 is 1.86 bits per heavy atom. The van der Waals surface area contributed by atoms with E-state index in [1.807, 2.05) is 36.4 Å². The van der Waals surface area contributed by atoms with Crippen LogP contribution >= 0.6 is 0 Å². The molecule has 3 aromatic rings. The van der Waals surface area contributed by atoms with Crippen LogP contribution in [0.1, 0.15) is 44.6 Å². The van der Waals surface area contributed by atoms with Crippen molar-refractivity contribution in [2.75, 3.05) is 19.0 Å². The van der Waals surface area contributed by atoms with Gasteiger partial charge in [0, 0.05) is 18.7 Å². The average Bonchev–Trinajstić information content (AvgIpc) is 3.63. The molecule has 1 aliphatic heterocycles. The number of anilines is 1. The van der Waals surface area contributed by atoms with E-state index in [9.17, 15) is 14.4 Å². The number of aromatic nitrogens is 2. The quantitative estimate of drug-likeness (QED) is 0.511. The van der Waals surface area contributed by atoms with Gasteiger partial charge < -0.3 is 19.7 Å². The number of ether oxygens (including phenoxy) is 2. The number of rotatable bonds is 6. The fourth-order valence-corrected chi connectivity index (χ4v) is 5.67. The highest BCUT2D eigenvalue weighted by Crippen LogP contribution is 2.44. The summed E-state index contributed by atoms with van der Waals surface area (Å²) in [4.78, 5) is 41.2. The minimum Gasteiger partial charge on any atom is -0.497 e. The lowest BCUT2D eigenvalue weighted by molar-refractivity contribution is -0.147. The molecule has 0 spiro atoms. The molecule has 0 unspecified atom stereocenters. The molecule has 0 bridgehead atoms. The first kappa shape index (κ1) is 23.8. The molecule has 9 nitrogen and oxygen atoms in total. The summed E-state index contributed by atoms with van der Waals surface area (Å²) in [7, 11) is 1.61. The Kier molecular flexibility index (Phi) is 6.38. The Labute approximate surface area is 209 Å². The zero-order valence-corrected chi connectivity index (χ0v) is 20.5. The van der Waals surface area contributed by atoms with Crippen LogP contribution in [0.5, 0.6) is 5.75 Å². The van der Waals surface area contributed by atoms with Crippen LogP contribution in [0.2, 0.25) is 0 Å². The first-order valence-electron chi connectivity index (χ1n) is 12.3. The molecule has 1 aliphatic carbocycles. The van der Waals surface area contributed by atoms with Crippen molar-refractivity contribution in [3.05, 3.63) is 54.2 Å². The zero-order valence-electron chi connectivity index (χ0n) is 20.5. The summed E-state index contributed by atoms with van der Waals surface area (Å²) in [5, 5.41) is 10.7. The summed E-state index contributed by atoms with van der Waals surface area (Å²) in [6.07, 6.45) is 4.63. The molecular weight excluding hydrogens is 460 g/mol. The number of carbonyl (C=O) groups excluding carboxylic acids is 3. The van der Waals surface area contributed by atoms with Crippen molar-refractivity contribution in [3.63, 3.8) is 0 Å². The predicted molar refractivity (Wildman–Crippen MR) is 134 cm³/mol. The number of hydrogen-bond acceptors (Lipinski definition) is 6. The number of nitrogens with one attached hydrogen (secondary N) is 2. The molecule has 1 saturated heterocycles. The molecule has 2 aliphatic rings. The predicted octanol–water partition coefficient (Wildman–Crippen LogP) is 3.55. The van der Waals surface area contributed by atoms with Gasteiger partial charge in [-0.05, 0) is 42.7 Å². The summed E-state index contributed by atoms with van der Waals surface area (Å²) in [5.74, 6) is -0.112. The van der Waals surface area contributed by atoms with Gasteiger partial charge in [-0.2, -0.15) is 5.10 Å². The van der Waals surface area contributed by atoms with Gasteiger partial charge in [-0.1, -0.05) is 31.0 Å². The van der Waals surface area contributed by atoms with E-state index in [0.717, 1.165) is 35.1 Å². The largest absolute Gasteiger partial charge is 0.497 e. The lowest BCUT2D eigenvalue weighted by Crippen LogP contribution is -2.51. The second-order valence-corrected chi connectivity index (χ2v) is 9.58. The van der Waals surface area contributed by atoms with Crippen LogP contribution in [0.25, 0.3) is 10.9 Å². The minimum absolute atomic E-state index is 0.0958. The summed E-state index contributed by atoms with van der Waals surface area (Å²) in [5.41, 5.74) is 1.61. The summed E-state index contributed by atoms with van der Waals surface area (Å²) in [6, 6.07) is 12.3. The summed E-state index contributed by atoms with van der Waals surface area (Å²) < 4.78 is 10.8. The van der Waals surface area contributed by atoms with Gasteiger partial charge in [-0.25, -0.2) is 0 Å². The van der Waals surface area contributed by atoms with Gasteiger partial charge in [0.2, 0.25) is 11.8 Å². The maximum Gasteiger partial charge on any atom is 0.302 e. The monoisotopic (exact) mass is 490 g/mol. The van der Waals surface area contributed by atoms with Crippen LogP contribution in [-0.2, 0) is 24.5 Å². The van der Waals surface area contributed by atoms with Crippen molar-refractivity contribution in [1.82, 2.24) is 15.1 Å². The van der Waals surface area contributed by atoms with Crippen molar-refractivity contribution < 1.29 is 23.9 Å². The molecule has 2 aromatic carbocycles. The van der Waals surface area contributed by atoms with Gasteiger partial charge in [0.05, 0.1) is 36.5 Å². The number of carbonyl (C=O) groups is 3. The van der Waals surface area contributed by atoms with Gasteiger partial charge in [-0.3, -0.25) is 19.5 Å². The standard InChI is InChI=1S/C27H30N4O5/c1-17(32)36-20-14-24(25(33)29-22-6-5-7-23-21(22)15-28-30-23)31(16-20)26(34)27(12-3-4-13-27)18-8-10-19(35-2)11-9-18/h5-11,15,20,24H,3-4,12-14,16H2,1-2H3,(H,28,30)(H,29,33)/t20-,24-/m1/s1. The van der Waals surface area contributed by atoms with E-state index in [-0.39, 0.29) is 24.8 Å². The Bertz CT molecular complexity index is 1280. The number of methoxy groups -OCH3 is 1. The number of likely N-dealkylation sites (tertiary alicyclic amines) is 1. The molecule has 2 N–H and O–H groups in total. The second-order valence-electron chi connectivity index (χ2n) is 9.58. The van der Waals surface area contributed by atoms with E-state index in [2.05, 4.69) is 15.5 Å². The maximum atomic E-state index is 14.3. The SMILES string of the molecule is COc1ccc(C2(C(=O)N3C[C@H](OC(C)=O)C[C@@H]3C(=O)Nc3cccc4[nH]ncc34)CCCC2)cc1. The fourth-order valence-electron chi connectivity index (χ4n) is 5.67. The van der Waals surface area contributed by atoms with E-state index < -0.39 is 23.5 Å². The Morgan fingerprint density at radius 1 is 1.11 bits per heavy atom. The second kappa shape index (κ2) is 9.64. The third-order valence-electron chi connectivity index (χ3n) is 7.41. The first-order chi connectivity index (χ1) is 17.4. The molecule has 2 heterocycles. The highest BCUT2D eigenvalue weighted by Gasteiger charge is 2.50. The zero-order chi connectivity index (χ0) is 25.3. The lowest BCUT2D eigenvalue weighted by atomic mass is 9.77. The van der Waals surface area contributed by atoms with E-state index >= 15 is 0 Å². The third-order valence-corrected chi connectivity index (χ3v) is 7.41.